The molecule has 0 radical (unpaired) electrons. The Balaban J connectivity index is 2.35. The molecule has 0 atom stereocenters. The molecule has 100 valence electrons. The van der Waals surface area contributed by atoms with Crippen LogP contribution in [-0.2, 0) is 0 Å². The zero-order valence-corrected chi connectivity index (χ0v) is 10.6. The van der Waals surface area contributed by atoms with Gasteiger partial charge in [-0.3, -0.25) is 0 Å². The van der Waals surface area contributed by atoms with E-state index in [0.717, 1.165) is 0 Å². The molecule has 0 amide bonds. The molecule has 0 aliphatic rings. The molecule has 0 spiro atoms. The number of carboxylic acids is 1. The lowest BCUT2D eigenvalue weighted by atomic mass is 10.1. The van der Waals surface area contributed by atoms with Crippen LogP contribution in [0, 0.1) is 11.3 Å². The highest BCUT2D eigenvalue weighted by molar-refractivity contribution is 5.91. The first-order valence-electron chi connectivity index (χ1n) is 5.69. The number of ether oxygens (including phenoxy) is 1. The number of hydrogen-bond acceptors (Lipinski definition) is 5. The number of hydrogen-bond donors (Lipinski definition) is 2. The van der Waals surface area contributed by atoms with Crippen molar-refractivity contribution in [3.63, 3.8) is 0 Å². The van der Waals surface area contributed by atoms with E-state index in [1.807, 2.05) is 6.07 Å². The fourth-order valence-corrected chi connectivity index (χ4v) is 1.70. The minimum Gasteiger partial charge on any atom is -0.496 e. The summed E-state index contributed by atoms with van der Waals surface area (Å²) < 4.78 is 5.04. The van der Waals surface area contributed by atoms with E-state index in [1.165, 1.54) is 19.4 Å². The van der Waals surface area contributed by atoms with E-state index in [9.17, 15) is 4.79 Å². The van der Waals surface area contributed by atoms with Crippen LogP contribution in [0.25, 0.3) is 0 Å². The van der Waals surface area contributed by atoms with Gasteiger partial charge in [-0.2, -0.15) is 5.26 Å². The summed E-state index contributed by atoms with van der Waals surface area (Å²) in [5.41, 5.74) is 1.48. The monoisotopic (exact) mass is 269 g/mol. The van der Waals surface area contributed by atoms with Gasteiger partial charge in [0.1, 0.15) is 17.4 Å². The van der Waals surface area contributed by atoms with Crippen LogP contribution in [0.1, 0.15) is 16.1 Å². The Hall–Kier alpha value is -3.07. The Morgan fingerprint density at radius 2 is 2.25 bits per heavy atom. The van der Waals surface area contributed by atoms with E-state index in [2.05, 4.69) is 10.3 Å². The average Bonchev–Trinajstić information content (AvgIpc) is 2.47. The molecule has 1 aromatic carbocycles. The van der Waals surface area contributed by atoms with Gasteiger partial charge in [0.25, 0.3) is 0 Å². The third-order valence-corrected chi connectivity index (χ3v) is 2.62. The van der Waals surface area contributed by atoms with Crippen LogP contribution >= 0.6 is 0 Å². The van der Waals surface area contributed by atoms with Crippen molar-refractivity contribution in [3.8, 4) is 11.8 Å². The predicted molar refractivity (Wildman–Crippen MR) is 72.2 cm³/mol. The van der Waals surface area contributed by atoms with Crippen LogP contribution in [-0.4, -0.2) is 23.2 Å². The summed E-state index contributed by atoms with van der Waals surface area (Å²) in [5, 5.41) is 21.0. The van der Waals surface area contributed by atoms with E-state index in [1.54, 1.807) is 24.3 Å². The second-order valence-corrected chi connectivity index (χ2v) is 3.86. The quantitative estimate of drug-likeness (QED) is 0.884. The zero-order chi connectivity index (χ0) is 14.5. The van der Waals surface area contributed by atoms with Crippen molar-refractivity contribution in [2.75, 3.05) is 12.4 Å². The summed E-state index contributed by atoms with van der Waals surface area (Å²) in [6.45, 7) is 0. The van der Waals surface area contributed by atoms with Crippen LogP contribution in [0.5, 0.6) is 5.75 Å². The number of methoxy groups -OCH3 is 1. The van der Waals surface area contributed by atoms with Gasteiger partial charge in [-0.05, 0) is 24.3 Å². The minimum absolute atomic E-state index is 0.0738. The number of benzene rings is 1. The van der Waals surface area contributed by atoms with Crippen molar-refractivity contribution in [1.29, 1.82) is 5.26 Å². The lowest BCUT2D eigenvalue weighted by Crippen LogP contribution is -2.02. The second-order valence-electron chi connectivity index (χ2n) is 3.86. The smallest absolute Gasteiger partial charge is 0.339 e. The highest BCUT2D eigenvalue weighted by Crippen LogP contribution is 2.26. The van der Waals surface area contributed by atoms with Gasteiger partial charge >= 0.3 is 5.97 Å². The number of aromatic carboxylic acids is 1. The number of nitrogens with one attached hydrogen (secondary N) is 1. The van der Waals surface area contributed by atoms with Crippen LogP contribution in [0.2, 0.25) is 0 Å². The van der Waals surface area contributed by atoms with Crippen LogP contribution in [0.3, 0.4) is 0 Å². The molecule has 2 rings (SSSR count). The van der Waals surface area contributed by atoms with Crippen molar-refractivity contribution in [3.05, 3.63) is 47.8 Å². The van der Waals surface area contributed by atoms with Crippen molar-refractivity contribution in [2.24, 2.45) is 0 Å². The van der Waals surface area contributed by atoms with E-state index in [0.29, 0.717) is 11.4 Å². The van der Waals surface area contributed by atoms with Gasteiger partial charge in [-0.25, -0.2) is 9.78 Å². The molecule has 0 aliphatic heterocycles. The minimum atomic E-state index is -1.06. The SMILES string of the molecule is COc1cc(Nc2cccnc2C#N)ccc1C(=O)O. The number of carbonyl (C=O) groups is 1. The van der Waals surface area contributed by atoms with Crippen LogP contribution in [0.4, 0.5) is 11.4 Å². The third kappa shape index (κ3) is 2.67. The summed E-state index contributed by atoms with van der Waals surface area (Å²) in [6.07, 6.45) is 1.53. The molecule has 0 saturated carbocycles. The molecule has 2 N–H and O–H groups in total. The van der Waals surface area contributed by atoms with Gasteiger partial charge in [-0.1, -0.05) is 0 Å². The summed E-state index contributed by atoms with van der Waals surface area (Å²) >= 11 is 0. The molecule has 0 fully saturated rings. The highest BCUT2D eigenvalue weighted by atomic mass is 16.5. The van der Waals surface area contributed by atoms with Gasteiger partial charge in [0.05, 0.1) is 12.8 Å². The molecule has 20 heavy (non-hydrogen) atoms. The van der Waals surface area contributed by atoms with Crippen molar-refractivity contribution >= 4 is 17.3 Å². The first-order chi connectivity index (χ1) is 9.65. The zero-order valence-electron chi connectivity index (χ0n) is 10.6. The molecular weight excluding hydrogens is 258 g/mol. The summed E-state index contributed by atoms with van der Waals surface area (Å²) in [6, 6.07) is 9.97. The normalized spacial score (nSPS) is 9.60. The van der Waals surface area contributed by atoms with E-state index in [4.69, 9.17) is 15.1 Å². The summed E-state index contributed by atoms with van der Waals surface area (Å²) in [5.74, 6) is -0.822. The lowest BCUT2D eigenvalue weighted by Gasteiger charge is -2.10. The molecular formula is C14H11N3O3. The Labute approximate surface area is 115 Å². The third-order valence-electron chi connectivity index (χ3n) is 2.62. The number of pyridine rings is 1. The van der Waals surface area contributed by atoms with Gasteiger partial charge in [0.2, 0.25) is 0 Å². The maximum absolute atomic E-state index is 11.0. The summed E-state index contributed by atoms with van der Waals surface area (Å²) in [7, 11) is 1.40. The first-order valence-corrected chi connectivity index (χ1v) is 5.69. The molecule has 1 aromatic heterocycles. The molecule has 0 bridgehead atoms. The summed E-state index contributed by atoms with van der Waals surface area (Å²) in [4.78, 5) is 14.9. The fourth-order valence-electron chi connectivity index (χ4n) is 1.70. The van der Waals surface area contributed by atoms with Gasteiger partial charge in [-0.15, -0.1) is 0 Å². The molecule has 0 unspecified atom stereocenters. The van der Waals surface area contributed by atoms with Crippen molar-refractivity contribution < 1.29 is 14.6 Å². The topological polar surface area (TPSA) is 95.2 Å². The number of nitrogens with zero attached hydrogens (tertiary/aromatic N) is 2. The van der Waals surface area contributed by atoms with Gasteiger partial charge in [0.15, 0.2) is 5.69 Å². The largest absolute Gasteiger partial charge is 0.496 e. The number of carboxylic acid groups (broad SMARTS) is 1. The van der Waals surface area contributed by atoms with Gasteiger partial charge in [0, 0.05) is 18.0 Å². The van der Waals surface area contributed by atoms with Crippen LogP contribution in [0.15, 0.2) is 36.5 Å². The van der Waals surface area contributed by atoms with E-state index >= 15 is 0 Å². The molecule has 0 aliphatic carbocycles. The van der Waals surface area contributed by atoms with E-state index < -0.39 is 5.97 Å². The molecule has 6 nitrogen and oxygen atoms in total. The maximum Gasteiger partial charge on any atom is 0.339 e. The number of aromatic nitrogens is 1. The Morgan fingerprint density at radius 3 is 2.90 bits per heavy atom. The Bertz CT molecular complexity index is 692. The van der Waals surface area contributed by atoms with Crippen molar-refractivity contribution in [1.82, 2.24) is 4.98 Å². The molecule has 1 heterocycles. The number of rotatable bonds is 4. The molecule has 6 heteroatoms. The Morgan fingerprint density at radius 1 is 1.45 bits per heavy atom. The lowest BCUT2D eigenvalue weighted by molar-refractivity contribution is 0.0693. The predicted octanol–water partition coefficient (Wildman–Crippen LogP) is 2.40. The van der Waals surface area contributed by atoms with Crippen LogP contribution < -0.4 is 10.1 Å². The first kappa shape index (κ1) is 13.4. The second kappa shape index (κ2) is 5.71. The van der Waals surface area contributed by atoms with E-state index in [-0.39, 0.29) is 17.0 Å². The fraction of sp³-hybridized carbons (Fsp3) is 0.0714. The molecule has 2 aromatic rings. The highest BCUT2D eigenvalue weighted by Gasteiger charge is 2.12. The number of anilines is 2. The maximum atomic E-state index is 11.0. The standard InChI is InChI=1S/C14H11N3O3/c1-20-13-7-9(4-5-10(13)14(18)19)17-11-3-2-6-16-12(11)8-15/h2-7,17H,1H3,(H,18,19). The number of nitriles is 1. The van der Waals surface area contributed by atoms with Crippen molar-refractivity contribution in [2.45, 2.75) is 0 Å². The Kier molecular flexibility index (Phi) is 3.82. The molecule has 0 saturated heterocycles. The average molecular weight is 269 g/mol. The van der Waals surface area contributed by atoms with Gasteiger partial charge < -0.3 is 15.2 Å².